The molecule has 0 aromatic carbocycles. The lowest BCUT2D eigenvalue weighted by molar-refractivity contribution is -0.139. The molecule has 0 rings (SSSR count). The van der Waals surface area contributed by atoms with Crippen LogP contribution < -0.4 is 0 Å². The SMILES string of the molecule is C=CC(=O)OCCOCCOCCOCCOCCOCCOCCOCCOCCOCCOCCOCCOCCOCCOCCOCCOCCOCCOCCS(=O)(=O)O. The summed E-state index contributed by atoms with van der Waals surface area (Å²) in [7, 11) is -4.00. The van der Waals surface area contributed by atoms with Crippen LogP contribution in [0.2, 0.25) is 0 Å². The molecule has 0 aromatic rings. The van der Waals surface area contributed by atoms with E-state index in [1.54, 1.807) is 0 Å². The zero-order valence-electron chi connectivity index (χ0n) is 38.5. The molecule has 0 spiro atoms. The summed E-state index contributed by atoms with van der Waals surface area (Å²) in [5.41, 5.74) is 0. The molecule has 0 fully saturated rings. The van der Waals surface area contributed by atoms with Gasteiger partial charge in [-0.15, -0.1) is 0 Å². The molecule has 0 amide bonds. The summed E-state index contributed by atoms with van der Waals surface area (Å²) in [5.74, 6) is -0.899. The van der Waals surface area contributed by atoms with Gasteiger partial charge in [0.1, 0.15) is 6.61 Å². The van der Waals surface area contributed by atoms with Crippen molar-refractivity contribution in [2.45, 2.75) is 0 Å². The van der Waals surface area contributed by atoms with E-state index in [9.17, 15) is 13.2 Å². The van der Waals surface area contributed by atoms with Gasteiger partial charge in [0, 0.05) is 6.08 Å². The van der Waals surface area contributed by atoms with E-state index in [4.69, 9.17) is 94.6 Å². The number of esters is 1. The van der Waals surface area contributed by atoms with Gasteiger partial charge in [-0.1, -0.05) is 6.58 Å². The van der Waals surface area contributed by atoms with Crippen LogP contribution in [0.1, 0.15) is 0 Å². The second-order valence-corrected chi connectivity index (χ2v) is 14.3. The van der Waals surface area contributed by atoms with Gasteiger partial charge in [-0.2, -0.15) is 8.42 Å². The summed E-state index contributed by atoms with van der Waals surface area (Å²) < 4.78 is 132. The van der Waals surface area contributed by atoms with Gasteiger partial charge in [0.25, 0.3) is 10.1 Å². The van der Waals surface area contributed by atoms with E-state index in [0.29, 0.717) is 225 Å². The smallest absolute Gasteiger partial charge is 0.330 e. The van der Waals surface area contributed by atoms with Crippen LogP contribution in [0.5, 0.6) is 0 Å². The Morgan fingerprint density at radius 1 is 0.292 bits per heavy atom. The first-order valence-corrected chi connectivity index (χ1v) is 23.7. The fourth-order valence-electron chi connectivity index (χ4n) is 4.26. The molecule has 388 valence electrons. The van der Waals surface area contributed by atoms with Crippen LogP contribution >= 0.6 is 0 Å². The summed E-state index contributed by atoms with van der Waals surface area (Å²) in [5, 5.41) is 0. The highest BCUT2D eigenvalue weighted by Gasteiger charge is 2.03. The second-order valence-electron chi connectivity index (χ2n) is 12.7. The molecule has 65 heavy (non-hydrogen) atoms. The highest BCUT2D eigenvalue weighted by atomic mass is 32.2. The predicted octanol–water partition coefficient (Wildman–Crippen LogP) is -0.0978. The van der Waals surface area contributed by atoms with Crippen molar-refractivity contribution in [2.75, 3.05) is 250 Å². The predicted molar refractivity (Wildman–Crippen MR) is 232 cm³/mol. The van der Waals surface area contributed by atoms with E-state index in [-0.39, 0.29) is 19.8 Å². The van der Waals surface area contributed by atoms with Gasteiger partial charge in [0.15, 0.2) is 0 Å². The molecule has 0 aliphatic carbocycles. The molecule has 0 saturated heterocycles. The summed E-state index contributed by atoms with van der Waals surface area (Å²) in [6.07, 6.45) is 1.11. The highest BCUT2D eigenvalue weighted by Crippen LogP contribution is 1.90. The van der Waals surface area contributed by atoms with Crippen LogP contribution in [0.15, 0.2) is 12.7 Å². The number of rotatable bonds is 58. The maximum absolute atomic E-state index is 10.9. The van der Waals surface area contributed by atoms with Crippen molar-refractivity contribution < 1.29 is 108 Å². The largest absolute Gasteiger partial charge is 0.460 e. The monoisotopic (exact) mass is 972 g/mol. The van der Waals surface area contributed by atoms with Crippen molar-refractivity contribution in [3.63, 3.8) is 0 Å². The quantitative estimate of drug-likeness (QED) is 0.0362. The Morgan fingerprint density at radius 2 is 0.431 bits per heavy atom. The molecule has 0 heterocycles. The van der Waals surface area contributed by atoms with Gasteiger partial charge in [-0.3, -0.25) is 4.55 Å². The average molecular weight is 973 g/mol. The zero-order valence-corrected chi connectivity index (χ0v) is 39.3. The highest BCUT2D eigenvalue weighted by molar-refractivity contribution is 7.85. The molecule has 0 bridgehead atoms. The summed E-state index contributed by atoms with van der Waals surface area (Å²) in [6.45, 7) is 19.0. The topological polar surface area (TPSA) is 247 Å². The Morgan fingerprint density at radius 3 is 0.569 bits per heavy atom. The number of carbonyl (C=O) groups excluding carboxylic acids is 1. The molecule has 23 nitrogen and oxygen atoms in total. The van der Waals surface area contributed by atoms with E-state index in [1.165, 1.54) is 0 Å². The molecule has 24 heteroatoms. The first-order valence-electron chi connectivity index (χ1n) is 22.1. The third-order valence-electron chi connectivity index (χ3n) is 7.45. The minimum Gasteiger partial charge on any atom is -0.460 e. The summed E-state index contributed by atoms with van der Waals surface area (Å²) in [6, 6.07) is 0. The standard InChI is InChI=1S/C41H80O23S/c1-2-41(42)64-38-37-62-34-33-60-30-29-58-26-25-56-22-21-54-18-17-52-14-13-50-10-9-48-6-5-46-3-4-47-7-8-49-11-12-51-15-16-53-19-20-55-23-24-57-27-28-59-31-32-61-35-36-63-39-40-65(43,44)45/h2H,1,3-40H2,(H,43,44,45). The third-order valence-corrected chi connectivity index (χ3v) is 8.13. The van der Waals surface area contributed by atoms with Gasteiger partial charge in [-0.05, 0) is 0 Å². The molecular formula is C41H80O23S. The van der Waals surface area contributed by atoms with E-state index < -0.39 is 21.8 Å². The second kappa shape index (κ2) is 55.0. The lowest BCUT2D eigenvalue weighted by Crippen LogP contribution is -2.16. The van der Waals surface area contributed by atoms with Crippen LogP contribution in [0.25, 0.3) is 0 Å². The van der Waals surface area contributed by atoms with Gasteiger partial charge in [0.05, 0.1) is 244 Å². The van der Waals surface area contributed by atoms with E-state index in [1.807, 2.05) is 0 Å². The lowest BCUT2D eigenvalue weighted by atomic mass is 10.6. The third kappa shape index (κ3) is 60.4. The molecule has 1 N–H and O–H groups in total. The van der Waals surface area contributed by atoms with Crippen LogP contribution in [0.4, 0.5) is 0 Å². The van der Waals surface area contributed by atoms with Crippen molar-refractivity contribution >= 4 is 16.1 Å². The minimum absolute atomic E-state index is 0.0755. The van der Waals surface area contributed by atoms with Crippen LogP contribution in [0.3, 0.4) is 0 Å². The van der Waals surface area contributed by atoms with E-state index in [2.05, 4.69) is 6.58 Å². The maximum Gasteiger partial charge on any atom is 0.330 e. The van der Waals surface area contributed by atoms with Crippen LogP contribution in [-0.2, 0) is 105 Å². The Kier molecular flexibility index (Phi) is 53.6. The van der Waals surface area contributed by atoms with Gasteiger partial charge >= 0.3 is 5.97 Å². The van der Waals surface area contributed by atoms with Crippen molar-refractivity contribution in [1.82, 2.24) is 0 Å². The number of hydrogen-bond acceptors (Lipinski definition) is 22. The number of carbonyl (C=O) groups is 1. The number of hydrogen-bond donors (Lipinski definition) is 1. The molecule has 0 saturated carbocycles. The molecule has 0 aromatic heterocycles. The summed E-state index contributed by atoms with van der Waals surface area (Å²) in [4.78, 5) is 10.9. The molecular weight excluding hydrogens is 892 g/mol. The van der Waals surface area contributed by atoms with Crippen LogP contribution in [-0.4, -0.2) is 269 Å². The molecule has 0 aliphatic heterocycles. The molecule has 0 atom stereocenters. The molecule has 0 unspecified atom stereocenters. The van der Waals surface area contributed by atoms with Gasteiger partial charge in [0.2, 0.25) is 0 Å². The van der Waals surface area contributed by atoms with Crippen molar-refractivity contribution in [2.24, 2.45) is 0 Å². The Balaban J connectivity index is 3.09. The van der Waals surface area contributed by atoms with E-state index in [0.717, 1.165) is 6.08 Å². The van der Waals surface area contributed by atoms with Crippen molar-refractivity contribution in [1.29, 1.82) is 0 Å². The van der Waals surface area contributed by atoms with E-state index >= 15 is 0 Å². The average Bonchev–Trinajstić information content (AvgIpc) is 3.29. The lowest BCUT2D eigenvalue weighted by Gasteiger charge is -2.09. The first kappa shape index (κ1) is 63.4. The number of ether oxygens (including phenoxy) is 19. The Hall–Kier alpha value is -1.60. The Bertz CT molecular complexity index is 1060. The molecule has 0 aliphatic rings. The first-order chi connectivity index (χ1) is 32.0. The fourth-order valence-corrected chi connectivity index (χ4v) is 4.59. The maximum atomic E-state index is 10.9. The Labute approximate surface area is 386 Å². The zero-order chi connectivity index (χ0) is 47.1. The normalized spacial score (nSPS) is 11.8. The van der Waals surface area contributed by atoms with Crippen LogP contribution in [0, 0.1) is 0 Å². The molecule has 0 radical (unpaired) electrons. The van der Waals surface area contributed by atoms with Crippen molar-refractivity contribution in [3.05, 3.63) is 12.7 Å². The minimum atomic E-state index is -4.00. The summed E-state index contributed by atoms with van der Waals surface area (Å²) >= 11 is 0. The van der Waals surface area contributed by atoms with Gasteiger partial charge in [-0.25, -0.2) is 4.79 Å². The fraction of sp³-hybridized carbons (Fsp3) is 0.927. The van der Waals surface area contributed by atoms with Gasteiger partial charge < -0.3 is 90.0 Å². The van der Waals surface area contributed by atoms with Crippen molar-refractivity contribution in [3.8, 4) is 0 Å².